The Bertz CT molecular complexity index is 1130. The van der Waals surface area contributed by atoms with Gasteiger partial charge in [-0.25, -0.2) is 4.39 Å². The molecule has 0 spiro atoms. The predicted molar refractivity (Wildman–Crippen MR) is 104 cm³/mol. The molecular formula is C18H15ClFN3O4S. The molecule has 3 rings (SSSR count). The fourth-order valence-electron chi connectivity index (χ4n) is 2.67. The molecule has 0 bridgehead atoms. The van der Waals surface area contributed by atoms with Crippen LogP contribution in [0.25, 0.3) is 10.2 Å². The van der Waals surface area contributed by atoms with Crippen molar-refractivity contribution in [3.05, 3.63) is 67.7 Å². The van der Waals surface area contributed by atoms with E-state index in [0.29, 0.717) is 23.4 Å². The van der Waals surface area contributed by atoms with E-state index in [1.807, 2.05) is 6.92 Å². The third-order valence-electron chi connectivity index (χ3n) is 3.90. The summed E-state index contributed by atoms with van der Waals surface area (Å²) >= 11 is 7.00. The van der Waals surface area contributed by atoms with Crippen LogP contribution in [0.3, 0.4) is 0 Å². The molecular weight excluding hydrogens is 409 g/mol. The lowest BCUT2D eigenvalue weighted by atomic mass is 10.2. The molecule has 1 aromatic heterocycles. The van der Waals surface area contributed by atoms with Crippen molar-refractivity contribution in [1.82, 2.24) is 4.57 Å². The minimum Gasteiger partial charge on any atom is -0.380 e. The smallest absolute Gasteiger partial charge is 0.286 e. The van der Waals surface area contributed by atoms with Crippen LogP contribution < -0.4 is 4.80 Å². The van der Waals surface area contributed by atoms with Gasteiger partial charge in [0, 0.05) is 24.2 Å². The normalized spacial score (nSPS) is 11.9. The molecule has 0 unspecified atom stereocenters. The summed E-state index contributed by atoms with van der Waals surface area (Å²) in [7, 11) is 0. The number of halogens is 2. The number of fused-ring (bicyclic) bond motifs is 1. The summed E-state index contributed by atoms with van der Waals surface area (Å²) in [4.78, 5) is 27.5. The van der Waals surface area contributed by atoms with Crippen LogP contribution in [-0.4, -0.2) is 28.6 Å². The number of benzene rings is 2. The highest BCUT2D eigenvalue weighted by atomic mass is 35.5. The molecule has 3 aromatic rings. The number of thiazole rings is 1. The van der Waals surface area contributed by atoms with E-state index in [0.717, 1.165) is 17.4 Å². The van der Waals surface area contributed by atoms with E-state index in [4.69, 9.17) is 16.3 Å². The SMILES string of the molecule is CCOCCn1c(=NC(=O)c2cc(Cl)ccc2[N+](=O)[O-])sc2cccc(F)c21. The third-order valence-corrected chi connectivity index (χ3v) is 5.18. The molecule has 146 valence electrons. The number of para-hydroxylation sites is 1. The first kappa shape index (κ1) is 20.1. The maximum Gasteiger partial charge on any atom is 0.286 e. The van der Waals surface area contributed by atoms with Gasteiger partial charge in [-0.15, -0.1) is 0 Å². The number of ether oxygens (including phenoxy) is 1. The van der Waals surface area contributed by atoms with Crippen LogP contribution in [0.4, 0.5) is 10.1 Å². The zero-order valence-corrected chi connectivity index (χ0v) is 16.3. The molecule has 1 amide bonds. The number of hydrogen-bond donors (Lipinski definition) is 0. The van der Waals surface area contributed by atoms with Gasteiger partial charge in [-0.3, -0.25) is 14.9 Å². The van der Waals surface area contributed by atoms with Crippen molar-refractivity contribution in [2.75, 3.05) is 13.2 Å². The summed E-state index contributed by atoms with van der Waals surface area (Å²) < 4.78 is 21.8. The molecule has 0 fully saturated rings. The number of carbonyl (C=O) groups is 1. The maximum atomic E-state index is 14.4. The zero-order valence-electron chi connectivity index (χ0n) is 14.7. The quantitative estimate of drug-likeness (QED) is 0.338. The topological polar surface area (TPSA) is 86.7 Å². The van der Waals surface area contributed by atoms with Crippen LogP contribution in [0.1, 0.15) is 17.3 Å². The van der Waals surface area contributed by atoms with E-state index < -0.39 is 22.3 Å². The van der Waals surface area contributed by atoms with Crippen LogP contribution in [0.5, 0.6) is 0 Å². The first-order valence-corrected chi connectivity index (χ1v) is 9.50. The second kappa shape index (κ2) is 8.59. The Balaban J connectivity index is 2.15. The van der Waals surface area contributed by atoms with Crippen LogP contribution in [0.15, 0.2) is 41.4 Å². The highest BCUT2D eigenvalue weighted by Gasteiger charge is 2.21. The molecule has 2 aromatic carbocycles. The molecule has 28 heavy (non-hydrogen) atoms. The summed E-state index contributed by atoms with van der Waals surface area (Å²) in [5, 5.41) is 11.4. The van der Waals surface area contributed by atoms with Gasteiger partial charge in [-0.1, -0.05) is 29.0 Å². The van der Waals surface area contributed by atoms with E-state index in [2.05, 4.69) is 4.99 Å². The molecule has 0 saturated heterocycles. The first-order chi connectivity index (χ1) is 13.4. The number of carbonyl (C=O) groups excluding carboxylic acids is 1. The predicted octanol–water partition coefficient (Wildman–Crippen LogP) is 4.18. The second-order valence-corrected chi connectivity index (χ2v) is 7.10. The van der Waals surface area contributed by atoms with E-state index in [1.165, 1.54) is 18.2 Å². The van der Waals surface area contributed by atoms with Gasteiger partial charge in [0.25, 0.3) is 11.6 Å². The Morgan fingerprint density at radius 1 is 1.39 bits per heavy atom. The molecule has 0 aliphatic heterocycles. The van der Waals surface area contributed by atoms with Crippen LogP contribution in [0, 0.1) is 15.9 Å². The summed E-state index contributed by atoms with van der Waals surface area (Å²) in [6.45, 7) is 2.91. The number of nitro benzene ring substituents is 1. The Hall–Kier alpha value is -2.62. The third kappa shape index (κ3) is 4.11. The number of rotatable bonds is 6. The van der Waals surface area contributed by atoms with Crippen molar-refractivity contribution in [3.63, 3.8) is 0 Å². The number of nitro groups is 1. The molecule has 0 N–H and O–H groups in total. The van der Waals surface area contributed by atoms with Gasteiger partial charge < -0.3 is 9.30 Å². The molecule has 0 atom stereocenters. The number of nitrogens with zero attached hydrogens (tertiary/aromatic N) is 3. The Morgan fingerprint density at radius 3 is 2.89 bits per heavy atom. The molecule has 0 radical (unpaired) electrons. The fraction of sp³-hybridized carbons (Fsp3) is 0.222. The van der Waals surface area contributed by atoms with Gasteiger partial charge in [-0.2, -0.15) is 4.99 Å². The summed E-state index contributed by atoms with van der Waals surface area (Å²) in [5.41, 5.74) is -0.322. The molecule has 1 heterocycles. The Morgan fingerprint density at radius 2 is 2.18 bits per heavy atom. The molecule has 7 nitrogen and oxygen atoms in total. The Labute approximate surface area is 167 Å². The highest BCUT2D eigenvalue weighted by Crippen LogP contribution is 2.24. The minimum absolute atomic E-state index is 0.177. The standard InChI is InChI=1S/C18H15ClFN3O4S/c1-2-27-9-8-22-16-13(20)4-3-5-15(16)28-18(22)21-17(24)12-10-11(19)6-7-14(12)23(25)26/h3-7,10H,2,8-9H2,1H3. The Kier molecular flexibility index (Phi) is 6.18. The lowest BCUT2D eigenvalue weighted by molar-refractivity contribution is -0.385. The average molecular weight is 424 g/mol. The molecule has 0 saturated carbocycles. The summed E-state index contributed by atoms with van der Waals surface area (Å²) in [6, 6.07) is 8.27. The lowest BCUT2D eigenvalue weighted by Gasteiger charge is -2.06. The van der Waals surface area contributed by atoms with Crippen LogP contribution in [0.2, 0.25) is 5.02 Å². The van der Waals surface area contributed by atoms with Gasteiger partial charge in [0.05, 0.1) is 21.7 Å². The highest BCUT2D eigenvalue weighted by molar-refractivity contribution is 7.16. The first-order valence-electron chi connectivity index (χ1n) is 8.31. The van der Waals surface area contributed by atoms with E-state index in [9.17, 15) is 19.3 Å². The van der Waals surface area contributed by atoms with Crippen molar-refractivity contribution in [1.29, 1.82) is 0 Å². The van der Waals surface area contributed by atoms with Gasteiger partial charge >= 0.3 is 0 Å². The summed E-state index contributed by atoms with van der Waals surface area (Å²) in [5.74, 6) is -1.28. The van der Waals surface area contributed by atoms with E-state index in [1.54, 1.807) is 16.7 Å². The van der Waals surface area contributed by atoms with Crippen molar-refractivity contribution in [2.45, 2.75) is 13.5 Å². The van der Waals surface area contributed by atoms with Gasteiger partial charge in [0.1, 0.15) is 11.4 Å². The van der Waals surface area contributed by atoms with Gasteiger partial charge in [-0.05, 0) is 31.2 Å². The zero-order chi connectivity index (χ0) is 20.3. The van der Waals surface area contributed by atoms with E-state index >= 15 is 0 Å². The van der Waals surface area contributed by atoms with Gasteiger partial charge in [0.15, 0.2) is 4.80 Å². The molecule has 10 heteroatoms. The molecule has 0 aliphatic rings. The molecule has 0 aliphatic carbocycles. The van der Waals surface area contributed by atoms with Crippen LogP contribution >= 0.6 is 22.9 Å². The maximum absolute atomic E-state index is 14.4. The average Bonchev–Trinajstić information content (AvgIpc) is 3.00. The largest absolute Gasteiger partial charge is 0.380 e. The van der Waals surface area contributed by atoms with Crippen molar-refractivity contribution < 1.29 is 18.8 Å². The van der Waals surface area contributed by atoms with Crippen molar-refractivity contribution >= 4 is 44.7 Å². The fourth-order valence-corrected chi connectivity index (χ4v) is 3.91. The van der Waals surface area contributed by atoms with Crippen molar-refractivity contribution in [3.8, 4) is 0 Å². The minimum atomic E-state index is -0.827. The van der Waals surface area contributed by atoms with E-state index in [-0.39, 0.29) is 21.9 Å². The summed E-state index contributed by atoms with van der Waals surface area (Å²) in [6.07, 6.45) is 0. The second-order valence-electron chi connectivity index (χ2n) is 5.66. The number of hydrogen-bond acceptors (Lipinski definition) is 5. The lowest BCUT2D eigenvalue weighted by Crippen LogP contribution is -2.20. The van der Waals surface area contributed by atoms with Crippen molar-refractivity contribution in [2.24, 2.45) is 4.99 Å². The number of amides is 1. The van der Waals surface area contributed by atoms with Gasteiger partial charge in [0.2, 0.25) is 0 Å². The van der Waals surface area contributed by atoms with Crippen LogP contribution in [-0.2, 0) is 11.3 Å². The monoisotopic (exact) mass is 423 g/mol. The number of aromatic nitrogens is 1.